The van der Waals surface area contributed by atoms with Gasteiger partial charge in [-0.1, -0.05) is 22.0 Å². The lowest BCUT2D eigenvalue weighted by Crippen LogP contribution is -2.30. The van der Waals surface area contributed by atoms with Crippen molar-refractivity contribution in [3.63, 3.8) is 0 Å². The maximum absolute atomic E-state index is 13.1. The molecule has 112 valence electrons. The summed E-state index contributed by atoms with van der Waals surface area (Å²) in [6.07, 6.45) is -3.47. The summed E-state index contributed by atoms with van der Waals surface area (Å²) in [4.78, 5) is 1.96. The topological polar surface area (TPSA) is 12.5 Å². The first-order chi connectivity index (χ1) is 9.41. The van der Waals surface area contributed by atoms with Crippen LogP contribution in [0.5, 0.6) is 0 Å². The fraction of sp³-hybridized carbons (Fsp3) is 0.571. The molecule has 0 bridgehead atoms. The summed E-state index contributed by atoms with van der Waals surface area (Å²) in [7, 11) is 0. The third kappa shape index (κ3) is 3.67. The highest BCUT2D eigenvalue weighted by atomic mass is 79.9. The van der Waals surface area contributed by atoms with Crippen LogP contribution in [-0.2, 0) is 16.2 Å². The van der Waals surface area contributed by atoms with Crippen LogP contribution in [0.4, 0.5) is 18.9 Å². The van der Waals surface area contributed by atoms with E-state index in [1.807, 2.05) is 11.8 Å². The molecule has 0 aromatic heterocycles. The summed E-state index contributed by atoms with van der Waals surface area (Å²) in [6.45, 7) is 3.93. The zero-order valence-corrected chi connectivity index (χ0v) is 12.8. The minimum absolute atomic E-state index is 0.0303. The molecule has 1 atom stereocenters. The maximum atomic E-state index is 13.1. The largest absolute Gasteiger partial charge is 0.416 e. The lowest BCUT2D eigenvalue weighted by Gasteiger charge is -2.25. The van der Waals surface area contributed by atoms with Crippen molar-refractivity contribution in [3.8, 4) is 0 Å². The van der Waals surface area contributed by atoms with Gasteiger partial charge in [0.15, 0.2) is 0 Å². The van der Waals surface area contributed by atoms with Gasteiger partial charge in [0.05, 0.1) is 11.7 Å². The second kappa shape index (κ2) is 6.35. The Bertz CT molecular complexity index is 464. The van der Waals surface area contributed by atoms with Gasteiger partial charge in [-0.3, -0.25) is 0 Å². The first-order valence-corrected chi connectivity index (χ1v) is 7.66. The van der Waals surface area contributed by atoms with Gasteiger partial charge < -0.3 is 9.64 Å². The predicted molar refractivity (Wildman–Crippen MR) is 76.3 cm³/mol. The Labute approximate surface area is 125 Å². The van der Waals surface area contributed by atoms with E-state index in [0.29, 0.717) is 18.8 Å². The third-order valence-corrected chi connectivity index (χ3v) is 3.96. The summed E-state index contributed by atoms with van der Waals surface area (Å²) in [6, 6.07) is 4.54. The highest BCUT2D eigenvalue weighted by Gasteiger charge is 2.33. The van der Waals surface area contributed by atoms with Gasteiger partial charge in [-0.05, 0) is 31.0 Å². The van der Waals surface area contributed by atoms with Crippen LogP contribution in [0.3, 0.4) is 0 Å². The van der Waals surface area contributed by atoms with Gasteiger partial charge in [0, 0.05) is 30.7 Å². The summed E-state index contributed by atoms with van der Waals surface area (Å²) in [5.41, 5.74) is 0.310. The van der Waals surface area contributed by atoms with Crippen molar-refractivity contribution in [1.29, 1.82) is 0 Å². The lowest BCUT2D eigenvalue weighted by atomic mass is 10.1. The van der Waals surface area contributed by atoms with E-state index < -0.39 is 11.7 Å². The molecule has 1 aliphatic heterocycles. The van der Waals surface area contributed by atoms with Gasteiger partial charge in [0.2, 0.25) is 0 Å². The van der Waals surface area contributed by atoms with E-state index in [4.69, 9.17) is 4.74 Å². The van der Waals surface area contributed by atoms with Crippen LogP contribution in [0.15, 0.2) is 18.2 Å². The van der Waals surface area contributed by atoms with E-state index in [1.54, 1.807) is 12.1 Å². The van der Waals surface area contributed by atoms with Crippen molar-refractivity contribution in [2.24, 2.45) is 0 Å². The molecule has 0 amide bonds. The molecule has 1 unspecified atom stereocenters. The quantitative estimate of drug-likeness (QED) is 0.740. The molecule has 1 aromatic rings. The average Bonchev–Trinajstić information content (AvgIpc) is 2.61. The number of benzene rings is 1. The standard InChI is InChI=1S/C14H17BrF3NO/c1-10-9-19(5-2-6-20-10)12-4-3-11(8-15)13(7-12)14(16,17)18/h3-4,7,10H,2,5-6,8-9H2,1H3. The van der Waals surface area contributed by atoms with Crippen LogP contribution in [-0.4, -0.2) is 25.8 Å². The van der Waals surface area contributed by atoms with Crippen LogP contribution in [0, 0.1) is 0 Å². The summed E-state index contributed by atoms with van der Waals surface area (Å²) in [5, 5.41) is 0.196. The number of nitrogens with zero attached hydrogens (tertiary/aromatic N) is 1. The molecular weight excluding hydrogens is 335 g/mol. The first-order valence-electron chi connectivity index (χ1n) is 6.54. The number of anilines is 1. The molecule has 2 rings (SSSR count). The van der Waals surface area contributed by atoms with E-state index >= 15 is 0 Å². The van der Waals surface area contributed by atoms with Crippen molar-refractivity contribution in [3.05, 3.63) is 29.3 Å². The number of alkyl halides is 4. The maximum Gasteiger partial charge on any atom is 0.416 e. The molecule has 0 saturated carbocycles. The Kier molecular flexibility index (Phi) is 4.96. The van der Waals surface area contributed by atoms with E-state index in [0.717, 1.165) is 13.0 Å². The molecular formula is C14H17BrF3NO. The first kappa shape index (κ1) is 15.6. The SMILES string of the molecule is CC1CN(c2ccc(CBr)c(C(F)(F)F)c2)CCCO1. The minimum atomic E-state index is -4.33. The zero-order chi connectivity index (χ0) is 14.8. The molecule has 0 N–H and O–H groups in total. The predicted octanol–water partition coefficient (Wildman–Crippen LogP) is 4.22. The monoisotopic (exact) mass is 351 g/mol. The molecule has 2 nitrogen and oxygen atoms in total. The molecule has 1 aromatic carbocycles. The Morgan fingerprint density at radius 3 is 2.80 bits per heavy atom. The van der Waals surface area contributed by atoms with E-state index in [1.165, 1.54) is 6.07 Å². The number of halogens is 4. The molecule has 1 fully saturated rings. The molecule has 0 aliphatic carbocycles. The fourth-order valence-corrected chi connectivity index (χ4v) is 2.86. The number of rotatable bonds is 2. The van der Waals surface area contributed by atoms with Crippen molar-refractivity contribution in [1.82, 2.24) is 0 Å². The molecule has 0 radical (unpaired) electrons. The second-order valence-electron chi connectivity index (χ2n) is 4.95. The number of ether oxygens (including phenoxy) is 1. The van der Waals surface area contributed by atoms with E-state index in [-0.39, 0.29) is 17.0 Å². The van der Waals surface area contributed by atoms with Gasteiger partial charge in [-0.2, -0.15) is 13.2 Å². The minimum Gasteiger partial charge on any atom is -0.377 e. The molecule has 1 aliphatic rings. The fourth-order valence-electron chi connectivity index (χ4n) is 2.37. The molecule has 1 heterocycles. The summed E-state index contributed by atoms with van der Waals surface area (Å²) < 4.78 is 44.8. The molecule has 0 spiro atoms. The van der Waals surface area contributed by atoms with Crippen molar-refractivity contribution >= 4 is 21.6 Å². The van der Waals surface area contributed by atoms with Crippen LogP contribution < -0.4 is 4.90 Å². The van der Waals surface area contributed by atoms with Gasteiger partial charge in [-0.15, -0.1) is 0 Å². The van der Waals surface area contributed by atoms with Crippen LogP contribution >= 0.6 is 15.9 Å². The van der Waals surface area contributed by atoms with Crippen molar-refractivity contribution in [2.45, 2.75) is 31.0 Å². The zero-order valence-electron chi connectivity index (χ0n) is 11.2. The van der Waals surface area contributed by atoms with Crippen LogP contribution in [0.2, 0.25) is 0 Å². The molecule has 6 heteroatoms. The van der Waals surface area contributed by atoms with Crippen LogP contribution in [0.1, 0.15) is 24.5 Å². The number of hydrogen-bond acceptors (Lipinski definition) is 2. The highest BCUT2D eigenvalue weighted by Crippen LogP contribution is 2.35. The smallest absolute Gasteiger partial charge is 0.377 e. The van der Waals surface area contributed by atoms with Crippen molar-refractivity contribution < 1.29 is 17.9 Å². The van der Waals surface area contributed by atoms with E-state index in [9.17, 15) is 13.2 Å². The second-order valence-corrected chi connectivity index (χ2v) is 5.51. The summed E-state index contributed by atoms with van der Waals surface area (Å²) >= 11 is 3.11. The van der Waals surface area contributed by atoms with Gasteiger partial charge in [-0.25, -0.2) is 0 Å². The Morgan fingerprint density at radius 1 is 1.40 bits per heavy atom. The molecule has 20 heavy (non-hydrogen) atoms. The Hall–Kier alpha value is -0.750. The normalized spacial score (nSPS) is 20.9. The van der Waals surface area contributed by atoms with Crippen LogP contribution in [0.25, 0.3) is 0 Å². The average molecular weight is 352 g/mol. The Balaban J connectivity index is 2.32. The summed E-state index contributed by atoms with van der Waals surface area (Å²) in [5.74, 6) is 0. The van der Waals surface area contributed by atoms with E-state index in [2.05, 4.69) is 15.9 Å². The lowest BCUT2D eigenvalue weighted by molar-refractivity contribution is -0.138. The number of hydrogen-bond donors (Lipinski definition) is 0. The molecule has 1 saturated heterocycles. The van der Waals surface area contributed by atoms with Crippen molar-refractivity contribution in [2.75, 3.05) is 24.6 Å². The van der Waals surface area contributed by atoms with Gasteiger partial charge in [0.25, 0.3) is 0 Å². The van der Waals surface area contributed by atoms with Gasteiger partial charge >= 0.3 is 6.18 Å². The highest BCUT2D eigenvalue weighted by molar-refractivity contribution is 9.08. The van der Waals surface area contributed by atoms with Gasteiger partial charge in [0.1, 0.15) is 0 Å². The third-order valence-electron chi connectivity index (χ3n) is 3.36. The Morgan fingerprint density at radius 2 is 2.15 bits per heavy atom.